The molecule has 5 N–H and O–H groups in total. The topological polar surface area (TPSA) is 109 Å². The van der Waals surface area contributed by atoms with Gasteiger partial charge in [0.2, 0.25) is 0 Å². The standard InChI is InChI=1S/C12H27N3O4SSi/c1-17-21(9-3-5-13)12(4-8-20-2,15-7-6-14)11(16)18-10-19-21/h15H,3-10,13-14H2,1-2H3. The summed E-state index contributed by atoms with van der Waals surface area (Å²) in [5.74, 6) is 0.512. The normalized spacial score (nSPS) is 29.4. The summed E-state index contributed by atoms with van der Waals surface area (Å²) < 4.78 is 16.9. The van der Waals surface area contributed by atoms with Gasteiger partial charge in [0.05, 0.1) is 0 Å². The van der Waals surface area contributed by atoms with Crippen LogP contribution in [0.15, 0.2) is 0 Å². The Labute approximate surface area is 131 Å². The summed E-state index contributed by atoms with van der Waals surface area (Å²) in [6.45, 7) is 1.42. The maximum Gasteiger partial charge on any atom is 0.372 e. The Morgan fingerprint density at radius 2 is 2.24 bits per heavy atom. The SMILES string of the molecule is CO[Si]1(CCCN)OCOC(=O)C1(CCSC)NCCN. The summed E-state index contributed by atoms with van der Waals surface area (Å²) in [7, 11) is -1.22. The highest BCUT2D eigenvalue weighted by Crippen LogP contribution is 2.36. The molecule has 124 valence electrons. The molecule has 1 saturated heterocycles. The third-order valence-electron chi connectivity index (χ3n) is 3.77. The molecule has 0 spiro atoms. The van der Waals surface area contributed by atoms with Crippen LogP contribution in [-0.4, -0.2) is 65.2 Å². The molecule has 9 heteroatoms. The molecule has 1 rings (SSSR count). The predicted octanol–water partition coefficient (Wildman–Crippen LogP) is -0.466. The van der Waals surface area contributed by atoms with E-state index in [0.29, 0.717) is 32.1 Å². The third kappa shape index (κ3) is 3.98. The van der Waals surface area contributed by atoms with Gasteiger partial charge in [0, 0.05) is 20.2 Å². The number of nitrogens with two attached hydrogens (primary N) is 2. The van der Waals surface area contributed by atoms with E-state index in [1.54, 1.807) is 18.9 Å². The van der Waals surface area contributed by atoms with E-state index in [0.717, 1.165) is 12.2 Å². The van der Waals surface area contributed by atoms with E-state index < -0.39 is 13.7 Å². The van der Waals surface area contributed by atoms with E-state index in [2.05, 4.69) is 5.32 Å². The molecule has 0 saturated carbocycles. The van der Waals surface area contributed by atoms with Crippen molar-refractivity contribution in [1.29, 1.82) is 0 Å². The lowest BCUT2D eigenvalue weighted by Gasteiger charge is -2.47. The quantitative estimate of drug-likeness (QED) is 0.363. The van der Waals surface area contributed by atoms with Crippen molar-refractivity contribution >= 4 is 26.3 Å². The molecule has 21 heavy (non-hydrogen) atoms. The minimum atomic E-state index is -2.83. The highest BCUT2D eigenvalue weighted by atomic mass is 32.2. The van der Waals surface area contributed by atoms with Crippen LogP contribution in [0.3, 0.4) is 0 Å². The molecule has 2 atom stereocenters. The first-order valence-electron chi connectivity index (χ1n) is 7.13. The van der Waals surface area contributed by atoms with Gasteiger partial charge in [0.15, 0.2) is 12.0 Å². The van der Waals surface area contributed by atoms with Gasteiger partial charge in [-0.05, 0) is 37.4 Å². The molecular formula is C12H27N3O4SSi. The molecule has 1 heterocycles. The molecule has 1 aliphatic heterocycles. The van der Waals surface area contributed by atoms with Gasteiger partial charge < -0.3 is 25.1 Å². The van der Waals surface area contributed by atoms with E-state index in [-0.39, 0.29) is 12.8 Å². The van der Waals surface area contributed by atoms with Gasteiger partial charge in [-0.1, -0.05) is 0 Å². The monoisotopic (exact) mass is 337 g/mol. The van der Waals surface area contributed by atoms with Crippen LogP contribution in [0.4, 0.5) is 0 Å². The molecule has 2 unspecified atom stereocenters. The van der Waals surface area contributed by atoms with Gasteiger partial charge in [-0.3, -0.25) is 10.1 Å². The van der Waals surface area contributed by atoms with Gasteiger partial charge in [-0.25, -0.2) is 0 Å². The number of hydrogen-bond acceptors (Lipinski definition) is 8. The minimum Gasteiger partial charge on any atom is -0.438 e. The Bertz CT molecular complexity index is 330. The Morgan fingerprint density at radius 1 is 1.48 bits per heavy atom. The molecule has 0 aromatic heterocycles. The molecule has 0 amide bonds. The van der Waals surface area contributed by atoms with Crippen LogP contribution in [0, 0.1) is 0 Å². The van der Waals surface area contributed by atoms with Crippen LogP contribution in [0.5, 0.6) is 0 Å². The van der Waals surface area contributed by atoms with Gasteiger partial charge >= 0.3 is 14.5 Å². The average molecular weight is 338 g/mol. The second kappa shape index (κ2) is 9.08. The number of rotatable bonds is 10. The van der Waals surface area contributed by atoms with E-state index in [9.17, 15) is 4.79 Å². The molecule has 1 aliphatic rings. The number of cyclic esters (lactones) is 1. The van der Waals surface area contributed by atoms with Crippen molar-refractivity contribution in [2.75, 3.05) is 45.5 Å². The van der Waals surface area contributed by atoms with Gasteiger partial charge in [-0.2, -0.15) is 11.8 Å². The van der Waals surface area contributed by atoms with Gasteiger partial charge in [0.1, 0.15) is 0 Å². The van der Waals surface area contributed by atoms with Crippen LogP contribution in [0.1, 0.15) is 12.8 Å². The molecule has 0 aliphatic carbocycles. The van der Waals surface area contributed by atoms with Crippen LogP contribution >= 0.6 is 11.8 Å². The van der Waals surface area contributed by atoms with E-state index in [1.165, 1.54) is 0 Å². The molecule has 7 nitrogen and oxygen atoms in total. The summed E-state index contributed by atoms with van der Waals surface area (Å²) in [6, 6.07) is 0.654. The van der Waals surface area contributed by atoms with E-state index in [4.69, 9.17) is 25.1 Å². The molecule has 0 bridgehead atoms. The lowest BCUT2D eigenvalue weighted by molar-refractivity contribution is -0.166. The first kappa shape index (κ1) is 18.9. The van der Waals surface area contributed by atoms with Crippen molar-refractivity contribution in [2.45, 2.75) is 24.0 Å². The fraction of sp³-hybridized carbons (Fsp3) is 0.917. The number of esters is 1. The van der Waals surface area contributed by atoms with Crippen molar-refractivity contribution < 1.29 is 18.4 Å². The third-order valence-corrected chi connectivity index (χ3v) is 8.57. The number of thioether (sulfide) groups is 1. The zero-order valence-corrected chi connectivity index (χ0v) is 14.7. The first-order valence-corrected chi connectivity index (χ1v) is 10.5. The second-order valence-corrected chi connectivity index (χ2v) is 9.45. The van der Waals surface area contributed by atoms with Crippen molar-refractivity contribution in [3.8, 4) is 0 Å². The maximum absolute atomic E-state index is 12.6. The highest BCUT2D eigenvalue weighted by molar-refractivity contribution is 7.98. The Morgan fingerprint density at radius 3 is 2.81 bits per heavy atom. The van der Waals surface area contributed by atoms with Crippen LogP contribution in [-0.2, 0) is 18.4 Å². The van der Waals surface area contributed by atoms with Crippen LogP contribution in [0.2, 0.25) is 6.04 Å². The molecule has 0 aromatic carbocycles. The lowest BCUT2D eigenvalue weighted by Crippen LogP contribution is -2.76. The summed E-state index contributed by atoms with van der Waals surface area (Å²) in [6.07, 6.45) is 3.35. The number of nitrogens with one attached hydrogen (secondary N) is 1. The molecule has 0 aromatic rings. The molecule has 0 radical (unpaired) electrons. The fourth-order valence-corrected chi connectivity index (χ4v) is 7.05. The Balaban J connectivity index is 3.13. The minimum absolute atomic E-state index is 0.0468. The first-order chi connectivity index (χ1) is 10.1. The molecular weight excluding hydrogens is 310 g/mol. The van der Waals surface area contributed by atoms with Crippen molar-refractivity contribution in [3.05, 3.63) is 0 Å². The number of carbonyl (C=O) groups is 1. The predicted molar refractivity (Wildman–Crippen MR) is 86.1 cm³/mol. The fourth-order valence-electron chi connectivity index (χ4n) is 2.66. The summed E-state index contributed by atoms with van der Waals surface area (Å²) in [5.41, 5.74) is 11.2. The van der Waals surface area contributed by atoms with E-state index >= 15 is 0 Å². The number of carbonyl (C=O) groups excluding carboxylic acids is 1. The highest BCUT2D eigenvalue weighted by Gasteiger charge is 2.64. The zero-order chi connectivity index (χ0) is 15.8. The zero-order valence-electron chi connectivity index (χ0n) is 12.9. The summed E-state index contributed by atoms with van der Waals surface area (Å²) in [4.78, 5) is 12.6. The smallest absolute Gasteiger partial charge is 0.372 e. The second-order valence-electron chi connectivity index (χ2n) is 4.91. The lowest BCUT2D eigenvalue weighted by atomic mass is 10.2. The maximum atomic E-state index is 12.6. The van der Waals surface area contributed by atoms with Gasteiger partial charge in [-0.15, -0.1) is 0 Å². The molecule has 1 fully saturated rings. The van der Waals surface area contributed by atoms with Crippen molar-refractivity contribution in [1.82, 2.24) is 5.32 Å². The Hall–Kier alpha value is -0.163. The summed E-state index contributed by atoms with van der Waals surface area (Å²) >= 11 is 1.67. The number of ether oxygens (including phenoxy) is 1. The van der Waals surface area contributed by atoms with E-state index in [1.807, 2.05) is 6.26 Å². The largest absolute Gasteiger partial charge is 0.438 e. The van der Waals surface area contributed by atoms with Crippen molar-refractivity contribution in [2.24, 2.45) is 11.5 Å². The van der Waals surface area contributed by atoms with Crippen molar-refractivity contribution in [3.63, 3.8) is 0 Å². The average Bonchev–Trinajstić information content (AvgIpc) is 2.51. The summed E-state index contributed by atoms with van der Waals surface area (Å²) in [5, 5.41) is 2.36. The van der Waals surface area contributed by atoms with Crippen LogP contribution < -0.4 is 16.8 Å². The Kier molecular flexibility index (Phi) is 8.17. The number of hydrogen-bond donors (Lipinski definition) is 3. The van der Waals surface area contributed by atoms with Crippen LogP contribution in [0.25, 0.3) is 0 Å². The van der Waals surface area contributed by atoms with Gasteiger partial charge in [0.25, 0.3) is 0 Å².